The number of pyridine rings is 1. The van der Waals surface area contributed by atoms with E-state index in [-0.39, 0.29) is 37.4 Å². The zero-order valence-corrected chi connectivity index (χ0v) is 40.9. The van der Waals surface area contributed by atoms with Crippen molar-refractivity contribution in [3.8, 4) is 39.5 Å². The van der Waals surface area contributed by atoms with E-state index in [1.165, 1.54) is 33.0 Å². The van der Waals surface area contributed by atoms with Crippen LogP contribution in [0.5, 0.6) is 0 Å². The molecule has 317 valence electrons. The number of imidazole rings is 1. The fraction of sp³-hybridized carbons (Fsp3) is 0.259. The first-order chi connectivity index (χ1) is 29.2. The Bertz CT molecular complexity index is 2950. The van der Waals surface area contributed by atoms with Gasteiger partial charge in [0.2, 0.25) is 0 Å². The molecule has 4 heterocycles. The van der Waals surface area contributed by atoms with Gasteiger partial charge in [-0.15, -0.1) is 54.1 Å². The monoisotopic (exact) mass is 1010 g/mol. The molecule has 0 N–H and O–H groups in total. The maximum atomic E-state index is 6.44. The average molecular weight is 1010 g/mol. The number of aromatic nitrogens is 5. The van der Waals surface area contributed by atoms with Crippen molar-refractivity contribution in [3.63, 3.8) is 0 Å². The van der Waals surface area contributed by atoms with E-state index in [0.717, 1.165) is 67.7 Å². The molecule has 9 aromatic rings. The maximum absolute atomic E-state index is 6.44. The molecule has 0 aliphatic carbocycles. The Morgan fingerprint density at radius 1 is 0.710 bits per heavy atom. The van der Waals surface area contributed by atoms with Crippen molar-refractivity contribution < 1.29 is 24.5 Å². The van der Waals surface area contributed by atoms with E-state index in [4.69, 9.17) is 14.4 Å². The molecule has 9 rings (SSSR count). The Morgan fingerprint density at radius 3 is 2.05 bits per heavy atom. The second-order valence-corrected chi connectivity index (χ2v) is 23.9. The van der Waals surface area contributed by atoms with Crippen molar-refractivity contribution in [3.05, 3.63) is 157 Å². The molecule has 6 nitrogen and oxygen atoms in total. The van der Waals surface area contributed by atoms with Gasteiger partial charge in [-0.1, -0.05) is 139 Å². The van der Waals surface area contributed by atoms with Gasteiger partial charge in [0.05, 0.1) is 42.9 Å². The summed E-state index contributed by atoms with van der Waals surface area (Å²) >= 11 is 0. The Morgan fingerprint density at radius 2 is 1.39 bits per heavy atom. The predicted molar refractivity (Wildman–Crippen MR) is 256 cm³/mol. The molecule has 0 unspecified atom stereocenters. The van der Waals surface area contributed by atoms with E-state index in [2.05, 4.69) is 168 Å². The first-order valence-electron chi connectivity index (χ1n) is 21.4. The molecule has 0 saturated carbocycles. The van der Waals surface area contributed by atoms with Gasteiger partial charge < -0.3 is 14.0 Å². The van der Waals surface area contributed by atoms with Crippen LogP contribution < -0.4 is 5.19 Å². The minimum absolute atomic E-state index is 0. The Hall–Kier alpha value is -5.53. The molecule has 4 aromatic heterocycles. The second kappa shape index (κ2) is 18.1. The zero-order valence-electron chi connectivity index (χ0n) is 37.5. The first kappa shape index (κ1) is 44.5. The van der Waals surface area contributed by atoms with Gasteiger partial charge in [0.1, 0.15) is 5.58 Å². The van der Waals surface area contributed by atoms with Gasteiger partial charge >= 0.3 is 0 Å². The molecule has 0 amide bonds. The first-order valence-corrected chi connectivity index (χ1v) is 24.9. The number of benzene rings is 5. The van der Waals surface area contributed by atoms with Crippen molar-refractivity contribution in [1.82, 2.24) is 24.7 Å². The summed E-state index contributed by atoms with van der Waals surface area (Å²) in [7, 11) is -1.37. The number of fused-ring (bicyclic) bond motifs is 4. The second-order valence-electron chi connectivity index (χ2n) is 18.9. The number of nitrogens with zero attached hydrogens (tertiary/aromatic N) is 5. The van der Waals surface area contributed by atoms with Gasteiger partial charge in [-0.25, -0.2) is 0 Å². The van der Waals surface area contributed by atoms with Crippen LogP contribution in [0.3, 0.4) is 0 Å². The summed E-state index contributed by atoms with van der Waals surface area (Å²) in [5.41, 5.74) is 14.1. The standard InChI is InChI=1S/C35H29N4O.C19H26NSi.Ir/c1-21(2)28-17-24(23-11-6-5-7-12-23)18-29(22(3)4)33(28)39-31-20-37-36-19-30(31)38-35(39)27-15-10-14-26-25-13-8-9-16-32(25)40-34(26)27;1-19(2,3)13-16-12-17(15-10-8-7-9-11-15)20-14-18(16)21(4,5)6;/h5-14,16-22H,1-4H3;7-10,12,14H,13H2,1-6H3;/q2*-1;. The predicted octanol–water partition coefficient (Wildman–Crippen LogP) is 13.8. The molecule has 8 heteroatoms. The van der Waals surface area contributed by atoms with Crippen LogP contribution in [0.25, 0.3) is 72.4 Å². The van der Waals surface area contributed by atoms with E-state index >= 15 is 0 Å². The van der Waals surface area contributed by atoms with Gasteiger partial charge in [0.15, 0.2) is 0 Å². The SMILES string of the molecule is CC(C)(C)Cc1cc(-c2[c-]cccc2)ncc1[Si](C)(C)C.CC(C)c1cc(-c2ccccc2)cc(C(C)C)c1-n1c(-c2[c-]ccc3c2oc2ccccc23)nc2cnncc21.[Ir]. The van der Waals surface area contributed by atoms with E-state index in [0.29, 0.717) is 0 Å². The van der Waals surface area contributed by atoms with Crippen molar-refractivity contribution in [2.75, 3.05) is 0 Å². The molecule has 0 atom stereocenters. The van der Waals surface area contributed by atoms with Crippen LogP contribution >= 0.6 is 0 Å². The molecule has 62 heavy (non-hydrogen) atoms. The third-order valence-corrected chi connectivity index (χ3v) is 13.2. The Balaban J connectivity index is 0.000000223. The van der Waals surface area contributed by atoms with Gasteiger partial charge in [0, 0.05) is 37.4 Å². The zero-order chi connectivity index (χ0) is 43.1. The van der Waals surface area contributed by atoms with Crippen LogP contribution in [0.4, 0.5) is 0 Å². The van der Waals surface area contributed by atoms with Crippen LogP contribution in [0.15, 0.2) is 132 Å². The van der Waals surface area contributed by atoms with Crippen molar-refractivity contribution in [2.24, 2.45) is 5.41 Å². The third-order valence-electron chi connectivity index (χ3n) is 11.2. The van der Waals surface area contributed by atoms with Crippen molar-refractivity contribution in [2.45, 2.75) is 86.4 Å². The molecule has 5 aromatic carbocycles. The Kier molecular flexibility index (Phi) is 13.0. The molecule has 0 fully saturated rings. The molecular weight excluding hydrogens is 955 g/mol. The summed E-state index contributed by atoms with van der Waals surface area (Å²) in [4.78, 5) is 9.84. The Labute approximate surface area is 381 Å². The summed E-state index contributed by atoms with van der Waals surface area (Å²) in [6.07, 6.45) is 6.75. The van der Waals surface area contributed by atoms with Gasteiger partial charge in [-0.2, -0.15) is 10.2 Å². The normalized spacial score (nSPS) is 11.9. The van der Waals surface area contributed by atoms with Crippen LogP contribution in [-0.4, -0.2) is 32.8 Å². The van der Waals surface area contributed by atoms with E-state index in [1.807, 2.05) is 48.7 Å². The van der Waals surface area contributed by atoms with Crippen LogP contribution in [0.1, 0.15) is 77.0 Å². The number of hydrogen-bond acceptors (Lipinski definition) is 5. The topological polar surface area (TPSA) is 69.6 Å². The summed E-state index contributed by atoms with van der Waals surface area (Å²) in [5, 5.41) is 12.0. The maximum Gasteiger partial charge on any atom is 0.120 e. The third kappa shape index (κ3) is 9.15. The minimum Gasteiger partial charge on any atom is -0.501 e. The molecular formula is C54H55IrN5OSi-2. The molecule has 0 spiro atoms. The summed E-state index contributed by atoms with van der Waals surface area (Å²) < 4.78 is 8.69. The van der Waals surface area contributed by atoms with Crippen LogP contribution in [0.2, 0.25) is 19.6 Å². The molecule has 0 saturated heterocycles. The smallest absolute Gasteiger partial charge is 0.120 e. The molecule has 0 bridgehead atoms. The summed E-state index contributed by atoms with van der Waals surface area (Å²) in [5.74, 6) is 1.30. The van der Waals surface area contributed by atoms with Gasteiger partial charge in [-0.05, 0) is 75.0 Å². The van der Waals surface area contributed by atoms with Gasteiger partial charge in [-0.3, -0.25) is 4.98 Å². The fourth-order valence-electron chi connectivity index (χ4n) is 8.30. The summed E-state index contributed by atoms with van der Waals surface area (Å²) in [6.45, 7) is 23.1. The molecule has 1 radical (unpaired) electrons. The number of para-hydroxylation sites is 1. The number of hydrogen-bond donors (Lipinski definition) is 0. The van der Waals surface area contributed by atoms with Gasteiger partial charge in [0.25, 0.3) is 0 Å². The summed E-state index contributed by atoms with van der Waals surface area (Å²) in [6, 6.07) is 44.5. The number of furan rings is 1. The molecule has 0 aliphatic rings. The van der Waals surface area contributed by atoms with E-state index in [1.54, 1.807) is 6.20 Å². The largest absolute Gasteiger partial charge is 0.501 e. The van der Waals surface area contributed by atoms with Crippen LogP contribution in [0, 0.1) is 17.5 Å². The fourth-order valence-corrected chi connectivity index (χ4v) is 9.88. The van der Waals surface area contributed by atoms with E-state index in [9.17, 15) is 0 Å². The average Bonchev–Trinajstić information content (AvgIpc) is 3.82. The van der Waals surface area contributed by atoms with Crippen molar-refractivity contribution >= 4 is 46.2 Å². The molecule has 0 aliphatic heterocycles. The van der Waals surface area contributed by atoms with E-state index < -0.39 is 8.07 Å². The number of rotatable bonds is 8. The van der Waals surface area contributed by atoms with Crippen molar-refractivity contribution in [1.29, 1.82) is 0 Å². The van der Waals surface area contributed by atoms with Crippen LogP contribution in [-0.2, 0) is 26.5 Å². The minimum atomic E-state index is -1.37. The quantitative estimate of drug-likeness (QED) is 0.112.